The van der Waals surface area contributed by atoms with E-state index < -0.39 is 0 Å². The summed E-state index contributed by atoms with van der Waals surface area (Å²) in [5.74, 6) is 0.749. The SMILES string of the molecule is Cn1c(=O)c2c(nc(N3CCCCC3)n2CCN)n(C)c1=O. The minimum atomic E-state index is -0.361. The molecule has 2 N–H and O–H groups in total. The second kappa shape index (κ2) is 5.60. The van der Waals surface area contributed by atoms with E-state index in [2.05, 4.69) is 9.88 Å². The number of aryl methyl sites for hydroxylation is 1. The maximum absolute atomic E-state index is 12.5. The Labute approximate surface area is 127 Å². The molecule has 3 heterocycles. The molecule has 22 heavy (non-hydrogen) atoms. The van der Waals surface area contributed by atoms with E-state index in [1.54, 1.807) is 7.05 Å². The first-order chi connectivity index (χ1) is 10.6. The van der Waals surface area contributed by atoms with Crippen LogP contribution in [0.15, 0.2) is 9.59 Å². The van der Waals surface area contributed by atoms with E-state index in [4.69, 9.17) is 5.73 Å². The fraction of sp³-hybridized carbons (Fsp3) is 0.643. The molecule has 3 rings (SSSR count). The molecule has 0 aromatic carbocycles. The second-order valence-electron chi connectivity index (χ2n) is 5.78. The average Bonchev–Trinajstić information content (AvgIpc) is 2.92. The lowest BCUT2D eigenvalue weighted by Gasteiger charge is -2.28. The first-order valence-corrected chi connectivity index (χ1v) is 7.67. The summed E-state index contributed by atoms with van der Waals surface area (Å²) in [5.41, 5.74) is 5.93. The van der Waals surface area contributed by atoms with Crippen LogP contribution >= 0.6 is 0 Å². The Morgan fingerprint density at radius 3 is 2.41 bits per heavy atom. The fourth-order valence-corrected chi connectivity index (χ4v) is 3.11. The van der Waals surface area contributed by atoms with E-state index in [-0.39, 0.29) is 11.2 Å². The summed E-state index contributed by atoms with van der Waals surface area (Å²) >= 11 is 0. The highest BCUT2D eigenvalue weighted by Crippen LogP contribution is 2.22. The average molecular weight is 306 g/mol. The van der Waals surface area contributed by atoms with E-state index >= 15 is 0 Å². The van der Waals surface area contributed by atoms with Gasteiger partial charge in [0, 0.05) is 40.3 Å². The van der Waals surface area contributed by atoms with Crippen LogP contribution in [-0.4, -0.2) is 38.3 Å². The topological polar surface area (TPSA) is 91.1 Å². The fourth-order valence-electron chi connectivity index (χ4n) is 3.11. The maximum atomic E-state index is 12.5. The lowest BCUT2D eigenvalue weighted by molar-refractivity contribution is 0.556. The number of nitrogens with two attached hydrogens (primary N) is 1. The number of fused-ring (bicyclic) bond motifs is 1. The normalized spacial score (nSPS) is 15.7. The molecule has 0 amide bonds. The Morgan fingerprint density at radius 1 is 1.09 bits per heavy atom. The summed E-state index contributed by atoms with van der Waals surface area (Å²) in [6.07, 6.45) is 3.44. The number of hydrogen-bond donors (Lipinski definition) is 1. The van der Waals surface area contributed by atoms with Crippen molar-refractivity contribution in [1.29, 1.82) is 0 Å². The molecule has 8 heteroatoms. The van der Waals surface area contributed by atoms with E-state index in [1.807, 2.05) is 4.57 Å². The van der Waals surface area contributed by atoms with Gasteiger partial charge in [0.25, 0.3) is 5.56 Å². The zero-order valence-electron chi connectivity index (χ0n) is 13.1. The molecule has 0 radical (unpaired) electrons. The molecule has 0 unspecified atom stereocenters. The number of anilines is 1. The van der Waals surface area contributed by atoms with Crippen LogP contribution < -0.4 is 21.9 Å². The molecule has 1 fully saturated rings. The molecule has 120 valence electrons. The summed E-state index contributed by atoms with van der Waals surface area (Å²) in [7, 11) is 3.13. The van der Waals surface area contributed by atoms with E-state index in [0.29, 0.717) is 24.3 Å². The molecule has 0 aliphatic carbocycles. The molecule has 2 aromatic heterocycles. The highest BCUT2D eigenvalue weighted by molar-refractivity contribution is 5.74. The first kappa shape index (κ1) is 14.8. The van der Waals surface area contributed by atoms with Crippen molar-refractivity contribution >= 4 is 17.1 Å². The van der Waals surface area contributed by atoms with Crippen molar-refractivity contribution in [3.8, 4) is 0 Å². The molecular formula is C14H22N6O2. The summed E-state index contributed by atoms with van der Waals surface area (Å²) in [4.78, 5) is 31.4. The van der Waals surface area contributed by atoms with Crippen molar-refractivity contribution in [3.05, 3.63) is 20.8 Å². The first-order valence-electron chi connectivity index (χ1n) is 7.67. The summed E-state index contributed by atoms with van der Waals surface area (Å²) < 4.78 is 4.41. The van der Waals surface area contributed by atoms with Gasteiger partial charge in [-0.2, -0.15) is 4.98 Å². The molecule has 0 spiro atoms. The molecule has 0 bridgehead atoms. The van der Waals surface area contributed by atoms with Gasteiger partial charge in [-0.3, -0.25) is 13.9 Å². The van der Waals surface area contributed by atoms with Crippen molar-refractivity contribution in [2.75, 3.05) is 24.5 Å². The highest BCUT2D eigenvalue weighted by atomic mass is 16.2. The number of hydrogen-bond acceptors (Lipinski definition) is 5. The Hall–Kier alpha value is -2.09. The predicted molar refractivity (Wildman–Crippen MR) is 85.3 cm³/mol. The van der Waals surface area contributed by atoms with Crippen molar-refractivity contribution in [1.82, 2.24) is 18.7 Å². The van der Waals surface area contributed by atoms with Crippen molar-refractivity contribution in [2.45, 2.75) is 25.8 Å². The van der Waals surface area contributed by atoms with Gasteiger partial charge in [-0.05, 0) is 19.3 Å². The van der Waals surface area contributed by atoms with Gasteiger partial charge < -0.3 is 15.2 Å². The van der Waals surface area contributed by atoms with Crippen molar-refractivity contribution < 1.29 is 0 Å². The molecule has 1 saturated heterocycles. The largest absolute Gasteiger partial charge is 0.342 e. The third-order valence-electron chi connectivity index (χ3n) is 4.32. The van der Waals surface area contributed by atoms with Crippen molar-refractivity contribution in [3.63, 3.8) is 0 Å². The monoisotopic (exact) mass is 306 g/mol. The summed E-state index contributed by atoms with van der Waals surface area (Å²) in [5, 5.41) is 0. The van der Waals surface area contributed by atoms with Crippen LogP contribution in [0.1, 0.15) is 19.3 Å². The van der Waals surface area contributed by atoms with E-state index in [9.17, 15) is 9.59 Å². The highest BCUT2D eigenvalue weighted by Gasteiger charge is 2.23. The Bertz CT molecular complexity index is 809. The third-order valence-corrected chi connectivity index (χ3v) is 4.32. The minimum absolute atomic E-state index is 0.317. The zero-order chi connectivity index (χ0) is 15.9. The molecule has 1 aliphatic rings. The van der Waals surface area contributed by atoms with Gasteiger partial charge in [-0.25, -0.2) is 4.79 Å². The van der Waals surface area contributed by atoms with Crippen LogP contribution in [0.25, 0.3) is 11.2 Å². The Morgan fingerprint density at radius 2 is 1.77 bits per heavy atom. The summed E-state index contributed by atoms with van der Waals surface area (Å²) in [6.45, 7) is 2.76. The van der Waals surface area contributed by atoms with Gasteiger partial charge in [-0.1, -0.05) is 0 Å². The molecule has 1 aliphatic heterocycles. The van der Waals surface area contributed by atoms with Crippen molar-refractivity contribution in [2.24, 2.45) is 19.8 Å². The lowest BCUT2D eigenvalue weighted by atomic mass is 10.1. The van der Waals surface area contributed by atoms with Crippen LogP contribution in [0.5, 0.6) is 0 Å². The van der Waals surface area contributed by atoms with Crippen LogP contribution in [-0.2, 0) is 20.6 Å². The zero-order valence-corrected chi connectivity index (χ0v) is 13.1. The van der Waals surface area contributed by atoms with Crippen LogP contribution in [0.4, 0.5) is 5.95 Å². The minimum Gasteiger partial charge on any atom is -0.342 e. The number of aromatic nitrogens is 4. The smallest absolute Gasteiger partial charge is 0.332 e. The Kier molecular flexibility index (Phi) is 3.78. The van der Waals surface area contributed by atoms with Gasteiger partial charge in [0.1, 0.15) is 0 Å². The maximum Gasteiger partial charge on any atom is 0.332 e. The molecular weight excluding hydrogens is 284 g/mol. The lowest BCUT2D eigenvalue weighted by Crippen LogP contribution is -2.38. The third kappa shape index (κ3) is 2.14. The van der Waals surface area contributed by atoms with Gasteiger partial charge in [0.15, 0.2) is 11.2 Å². The van der Waals surface area contributed by atoms with Crippen LogP contribution in [0.3, 0.4) is 0 Å². The van der Waals surface area contributed by atoms with Gasteiger partial charge >= 0.3 is 5.69 Å². The van der Waals surface area contributed by atoms with Crippen LogP contribution in [0.2, 0.25) is 0 Å². The van der Waals surface area contributed by atoms with Gasteiger partial charge in [0.2, 0.25) is 5.95 Å². The van der Waals surface area contributed by atoms with E-state index in [1.165, 1.54) is 18.0 Å². The molecule has 0 atom stereocenters. The van der Waals surface area contributed by atoms with Crippen LogP contribution in [0, 0.1) is 0 Å². The van der Waals surface area contributed by atoms with Gasteiger partial charge in [0.05, 0.1) is 0 Å². The van der Waals surface area contributed by atoms with E-state index in [0.717, 1.165) is 36.4 Å². The molecule has 8 nitrogen and oxygen atoms in total. The quantitative estimate of drug-likeness (QED) is 0.816. The number of piperidine rings is 1. The number of nitrogens with zero attached hydrogens (tertiary/aromatic N) is 5. The second-order valence-corrected chi connectivity index (χ2v) is 5.78. The number of rotatable bonds is 3. The molecule has 2 aromatic rings. The Balaban J connectivity index is 2.31. The predicted octanol–water partition coefficient (Wildman–Crippen LogP) is -0.617. The standard InChI is InChI=1S/C14H22N6O2/c1-17-11-10(12(21)18(2)14(17)22)20(9-6-15)13(16-11)19-7-4-3-5-8-19/h3-9,15H2,1-2H3. The summed E-state index contributed by atoms with van der Waals surface area (Å²) in [6, 6.07) is 0. The number of imidazole rings is 1. The van der Waals surface area contributed by atoms with Gasteiger partial charge in [-0.15, -0.1) is 0 Å². The molecule has 0 saturated carbocycles.